The normalized spacial score (nSPS) is 13.7. The molecule has 25 heavy (non-hydrogen) atoms. The predicted molar refractivity (Wildman–Crippen MR) is 111 cm³/mol. The van der Waals surface area contributed by atoms with Crippen LogP contribution in [0.3, 0.4) is 0 Å². The molecule has 0 fully saturated rings. The van der Waals surface area contributed by atoms with Crippen LogP contribution in [0.15, 0.2) is 54.7 Å². The molecule has 132 valence electrons. The number of benzene rings is 2. The first-order valence-electron chi connectivity index (χ1n) is 9.43. The van der Waals surface area contributed by atoms with Crippen LogP contribution in [-0.2, 0) is 12.8 Å². The summed E-state index contributed by atoms with van der Waals surface area (Å²) in [6.07, 6.45) is 9.50. The number of aryl methyl sites for hydroxylation is 2. The summed E-state index contributed by atoms with van der Waals surface area (Å²) in [6, 6.07) is 17.9. The molecule has 0 aliphatic carbocycles. The van der Waals surface area contributed by atoms with E-state index in [0.29, 0.717) is 0 Å². The zero-order valence-electron chi connectivity index (χ0n) is 15.3. The Hall–Kier alpha value is -1.87. The summed E-state index contributed by atoms with van der Waals surface area (Å²) in [6.45, 7) is 4.47. The second-order valence-corrected chi connectivity index (χ2v) is 7.58. The van der Waals surface area contributed by atoms with E-state index in [1.165, 1.54) is 59.4 Å². The largest absolute Gasteiger partial charge is 0.294 e. The average molecular weight is 353 g/mol. The molecule has 3 rings (SSSR count). The summed E-state index contributed by atoms with van der Waals surface area (Å²) in [5.41, 5.74) is 8.68. The van der Waals surface area contributed by atoms with Gasteiger partial charge in [-0.15, -0.1) is 0 Å². The molecule has 0 atom stereocenters. The second-order valence-electron chi connectivity index (χ2n) is 6.59. The Morgan fingerprint density at radius 2 is 1.48 bits per heavy atom. The molecular weight excluding hydrogens is 324 g/mol. The van der Waals surface area contributed by atoms with E-state index in [9.17, 15) is 0 Å². The van der Waals surface area contributed by atoms with E-state index in [4.69, 9.17) is 0 Å². The van der Waals surface area contributed by atoms with Crippen molar-refractivity contribution in [1.29, 1.82) is 0 Å². The molecule has 2 aromatic carbocycles. The fraction of sp³-hybridized carbons (Fsp3) is 0.364. The third-order valence-electron chi connectivity index (χ3n) is 4.52. The summed E-state index contributed by atoms with van der Waals surface area (Å²) in [5.74, 6) is 0. The van der Waals surface area contributed by atoms with Gasteiger partial charge in [0.15, 0.2) is 0 Å². The van der Waals surface area contributed by atoms with Gasteiger partial charge in [0.2, 0.25) is 0 Å². The van der Waals surface area contributed by atoms with Crippen LogP contribution in [0.5, 0.6) is 0 Å². The van der Waals surface area contributed by atoms with Crippen molar-refractivity contribution in [3.63, 3.8) is 0 Å². The molecule has 0 unspecified atom stereocenters. The minimum absolute atomic E-state index is 1.15. The van der Waals surface area contributed by atoms with Crippen LogP contribution in [0.2, 0.25) is 0 Å². The molecule has 0 aromatic heterocycles. The number of nitrogens with one attached hydrogen (secondary N) is 1. The molecule has 2 nitrogen and oxygen atoms in total. The summed E-state index contributed by atoms with van der Waals surface area (Å²) in [7, 11) is 0. The first kappa shape index (κ1) is 17.9. The van der Waals surface area contributed by atoms with Crippen LogP contribution < -0.4 is 9.84 Å². The van der Waals surface area contributed by atoms with Gasteiger partial charge in [0, 0.05) is 18.1 Å². The van der Waals surface area contributed by atoms with Gasteiger partial charge in [0.25, 0.3) is 0 Å². The van der Waals surface area contributed by atoms with Gasteiger partial charge < -0.3 is 0 Å². The highest BCUT2D eigenvalue weighted by atomic mass is 32.2. The van der Waals surface area contributed by atoms with Gasteiger partial charge in [-0.1, -0.05) is 69.5 Å². The van der Waals surface area contributed by atoms with Gasteiger partial charge in [-0.3, -0.25) is 5.43 Å². The topological polar surface area (TPSA) is 15.3 Å². The maximum absolute atomic E-state index is 3.37. The van der Waals surface area contributed by atoms with E-state index in [1.54, 1.807) is 11.9 Å². The smallest absolute Gasteiger partial charge is 0.0704 e. The molecule has 1 N–H and O–H groups in total. The Morgan fingerprint density at radius 1 is 0.800 bits per heavy atom. The van der Waals surface area contributed by atoms with Crippen LogP contribution in [0.1, 0.15) is 56.2 Å². The van der Waals surface area contributed by atoms with E-state index in [-0.39, 0.29) is 0 Å². The summed E-state index contributed by atoms with van der Waals surface area (Å²) >= 11 is 1.75. The fourth-order valence-corrected chi connectivity index (χ4v) is 3.91. The molecule has 2 aromatic rings. The molecule has 0 radical (unpaired) electrons. The minimum atomic E-state index is 1.15. The van der Waals surface area contributed by atoms with E-state index in [1.807, 2.05) is 0 Å². The lowest BCUT2D eigenvalue weighted by Crippen LogP contribution is -2.22. The Balaban J connectivity index is 1.58. The van der Waals surface area contributed by atoms with Gasteiger partial charge in [-0.25, -0.2) is 4.41 Å². The highest BCUT2D eigenvalue weighted by Gasteiger charge is 2.17. The highest BCUT2D eigenvalue weighted by Crippen LogP contribution is 2.36. The first-order chi connectivity index (χ1) is 12.3. The van der Waals surface area contributed by atoms with E-state index < -0.39 is 0 Å². The van der Waals surface area contributed by atoms with Crippen molar-refractivity contribution in [2.24, 2.45) is 0 Å². The van der Waals surface area contributed by atoms with E-state index in [2.05, 4.69) is 78.4 Å². The maximum atomic E-state index is 3.37. The molecule has 0 bridgehead atoms. The maximum Gasteiger partial charge on any atom is 0.0704 e. The van der Waals surface area contributed by atoms with Crippen molar-refractivity contribution in [3.05, 3.63) is 71.4 Å². The van der Waals surface area contributed by atoms with Gasteiger partial charge in [-0.05, 0) is 48.1 Å². The number of hydrazine groups is 1. The summed E-state index contributed by atoms with van der Waals surface area (Å²) in [5, 5.41) is 0. The van der Waals surface area contributed by atoms with E-state index in [0.717, 1.165) is 6.42 Å². The lowest BCUT2D eigenvalue weighted by molar-refractivity contribution is 0.717. The number of hydrogen-bond acceptors (Lipinski definition) is 3. The Bertz CT molecular complexity index is 689. The molecule has 3 heteroatoms. The van der Waals surface area contributed by atoms with Gasteiger partial charge in [0.05, 0.1) is 10.6 Å². The highest BCUT2D eigenvalue weighted by molar-refractivity contribution is 8.09. The fourth-order valence-electron chi connectivity index (χ4n) is 3.03. The van der Waals surface area contributed by atoms with Crippen molar-refractivity contribution < 1.29 is 0 Å². The van der Waals surface area contributed by atoms with Crippen LogP contribution in [0.4, 0.5) is 5.69 Å². The molecule has 1 aliphatic heterocycles. The van der Waals surface area contributed by atoms with Crippen molar-refractivity contribution in [2.75, 3.05) is 4.41 Å². The van der Waals surface area contributed by atoms with Crippen molar-refractivity contribution in [3.8, 4) is 0 Å². The number of nitrogens with zero attached hydrogens (tertiary/aromatic N) is 1. The molecule has 1 aliphatic rings. The van der Waals surface area contributed by atoms with Crippen LogP contribution in [0.25, 0.3) is 4.91 Å². The monoisotopic (exact) mass is 352 g/mol. The quantitative estimate of drug-likeness (QED) is 0.440. The molecule has 1 heterocycles. The van der Waals surface area contributed by atoms with Crippen LogP contribution in [-0.4, -0.2) is 0 Å². The molecule has 0 saturated carbocycles. The first-order valence-corrected chi connectivity index (χ1v) is 10.2. The summed E-state index contributed by atoms with van der Waals surface area (Å²) in [4.78, 5) is 1.26. The zero-order chi connectivity index (χ0) is 17.5. The molecule has 0 amide bonds. The summed E-state index contributed by atoms with van der Waals surface area (Å²) < 4.78 is 2.13. The lowest BCUT2D eigenvalue weighted by atomic mass is 10.1. The molecular formula is C22H28N2S. The average Bonchev–Trinajstić information content (AvgIpc) is 3.14. The van der Waals surface area contributed by atoms with Crippen molar-refractivity contribution >= 4 is 22.5 Å². The van der Waals surface area contributed by atoms with Crippen molar-refractivity contribution in [1.82, 2.24) is 5.43 Å². The predicted octanol–water partition coefficient (Wildman–Crippen LogP) is 6.34. The molecule has 0 saturated heterocycles. The number of anilines is 1. The Labute approximate surface area is 156 Å². The Morgan fingerprint density at radius 3 is 2.16 bits per heavy atom. The van der Waals surface area contributed by atoms with E-state index >= 15 is 0 Å². The lowest BCUT2D eigenvalue weighted by Gasteiger charge is -2.17. The third kappa shape index (κ3) is 4.82. The number of rotatable bonds is 8. The van der Waals surface area contributed by atoms with Gasteiger partial charge in [-0.2, -0.15) is 0 Å². The minimum Gasteiger partial charge on any atom is -0.294 e. The van der Waals surface area contributed by atoms with Gasteiger partial charge in [0.1, 0.15) is 0 Å². The number of hydrogen-bond donors (Lipinski definition) is 1. The van der Waals surface area contributed by atoms with Crippen LogP contribution in [0, 0.1) is 0 Å². The third-order valence-corrected chi connectivity index (χ3v) is 5.57. The second kappa shape index (κ2) is 9.00. The number of unbranched alkanes of at least 4 members (excludes halogenated alkanes) is 2. The molecule has 0 spiro atoms. The van der Waals surface area contributed by atoms with Crippen LogP contribution >= 0.6 is 11.9 Å². The Kier molecular flexibility index (Phi) is 6.46. The van der Waals surface area contributed by atoms with Gasteiger partial charge >= 0.3 is 0 Å². The SMILES string of the molecule is CCCCCc1ccc(N2NC=C(c3ccc(CCC)cc3)S2)cc1. The standard InChI is InChI=1S/C22H28N2S/c1-3-5-6-8-19-11-15-21(16-12-19)24-23-17-22(25-24)20-13-9-18(7-4-2)10-14-20/h9-17,23H,3-8H2,1-2H3. The van der Waals surface area contributed by atoms with Crippen molar-refractivity contribution in [2.45, 2.75) is 52.4 Å². The zero-order valence-corrected chi connectivity index (χ0v) is 16.1.